The van der Waals surface area contributed by atoms with Gasteiger partial charge < -0.3 is 10.2 Å². The zero-order chi connectivity index (χ0) is 14.5. The summed E-state index contributed by atoms with van der Waals surface area (Å²) in [7, 11) is 0. The number of aromatic hydroxyl groups is 2. The van der Waals surface area contributed by atoms with E-state index in [9.17, 15) is 15.0 Å². The van der Waals surface area contributed by atoms with Crippen molar-refractivity contribution >= 4 is 17.5 Å². The molecule has 0 spiro atoms. The molecule has 2 aromatic rings. The second-order valence-electron chi connectivity index (χ2n) is 4.55. The van der Waals surface area contributed by atoms with Gasteiger partial charge in [-0.25, -0.2) is 0 Å². The zero-order valence-electron chi connectivity index (χ0n) is 11.2. The van der Waals surface area contributed by atoms with E-state index in [1.807, 2.05) is 12.1 Å². The molecule has 0 aliphatic carbocycles. The van der Waals surface area contributed by atoms with E-state index in [-0.39, 0.29) is 17.3 Å². The van der Waals surface area contributed by atoms with Crippen LogP contribution in [0.4, 0.5) is 0 Å². The van der Waals surface area contributed by atoms with E-state index in [1.54, 1.807) is 0 Å². The van der Waals surface area contributed by atoms with Gasteiger partial charge in [0.2, 0.25) is 0 Å². The normalized spacial score (nSPS) is 10.4. The molecule has 0 aliphatic rings. The maximum absolute atomic E-state index is 12.0. The summed E-state index contributed by atoms with van der Waals surface area (Å²) in [5.41, 5.74) is 2.85. The van der Waals surface area contributed by atoms with Crippen molar-refractivity contribution in [1.82, 2.24) is 0 Å². The molecule has 0 aliphatic heterocycles. The number of carbonyl (C=O) groups excluding carboxylic acids is 1. The Bertz CT molecular complexity index is 623. The number of ketones is 1. The Morgan fingerprint density at radius 2 is 1.85 bits per heavy atom. The average molecular weight is 288 g/mol. The lowest BCUT2D eigenvalue weighted by atomic mass is 10.1. The third-order valence-electron chi connectivity index (χ3n) is 3.05. The maximum atomic E-state index is 12.0. The number of phenols is 2. The molecule has 0 bridgehead atoms. The van der Waals surface area contributed by atoms with Gasteiger partial charge in [-0.05, 0) is 36.2 Å². The lowest BCUT2D eigenvalue weighted by Gasteiger charge is -2.06. The van der Waals surface area contributed by atoms with Crippen LogP contribution in [0.25, 0.3) is 0 Å². The van der Waals surface area contributed by atoms with Gasteiger partial charge in [0.1, 0.15) is 0 Å². The molecule has 2 aromatic carbocycles. The maximum Gasteiger partial charge on any atom is 0.172 e. The minimum Gasteiger partial charge on any atom is -0.504 e. The quantitative estimate of drug-likeness (QED) is 0.653. The number of hydrogen-bond donors (Lipinski definition) is 2. The number of benzene rings is 2. The second-order valence-corrected chi connectivity index (χ2v) is 5.53. The third-order valence-corrected chi connectivity index (χ3v) is 4.03. The van der Waals surface area contributed by atoms with Crippen LogP contribution in [0.15, 0.2) is 42.5 Å². The summed E-state index contributed by atoms with van der Waals surface area (Å²) in [6.07, 6.45) is 0. The van der Waals surface area contributed by atoms with Gasteiger partial charge in [0, 0.05) is 11.3 Å². The summed E-state index contributed by atoms with van der Waals surface area (Å²) in [6.45, 7) is 2.05. The summed E-state index contributed by atoms with van der Waals surface area (Å²) in [6, 6.07) is 12.2. The van der Waals surface area contributed by atoms with Crippen molar-refractivity contribution < 1.29 is 15.0 Å². The van der Waals surface area contributed by atoms with Gasteiger partial charge >= 0.3 is 0 Å². The molecular formula is C16H16O3S. The van der Waals surface area contributed by atoms with Crippen molar-refractivity contribution in [1.29, 1.82) is 0 Å². The third kappa shape index (κ3) is 3.54. The van der Waals surface area contributed by atoms with Gasteiger partial charge in [-0.3, -0.25) is 4.79 Å². The SMILES string of the molecule is Cc1ccccc1CSCC(=O)c1ccc(O)c(O)c1. The van der Waals surface area contributed by atoms with Gasteiger partial charge in [0.05, 0.1) is 5.75 Å². The average Bonchev–Trinajstić information content (AvgIpc) is 2.44. The molecule has 0 aromatic heterocycles. The molecule has 4 heteroatoms. The fourth-order valence-corrected chi connectivity index (χ4v) is 2.80. The topological polar surface area (TPSA) is 57.5 Å². The molecule has 0 saturated heterocycles. The Hall–Kier alpha value is -1.94. The van der Waals surface area contributed by atoms with E-state index in [0.29, 0.717) is 11.3 Å². The lowest BCUT2D eigenvalue weighted by Crippen LogP contribution is -2.02. The van der Waals surface area contributed by atoms with E-state index >= 15 is 0 Å². The first-order chi connectivity index (χ1) is 9.58. The van der Waals surface area contributed by atoms with Crippen molar-refractivity contribution in [2.45, 2.75) is 12.7 Å². The van der Waals surface area contributed by atoms with Gasteiger partial charge in [-0.1, -0.05) is 24.3 Å². The molecule has 0 saturated carbocycles. The van der Waals surface area contributed by atoms with Gasteiger partial charge in [-0.15, -0.1) is 11.8 Å². The van der Waals surface area contributed by atoms with E-state index in [0.717, 1.165) is 5.75 Å². The molecule has 0 atom stereocenters. The van der Waals surface area contributed by atoms with Crippen LogP contribution in [-0.2, 0) is 5.75 Å². The highest BCUT2D eigenvalue weighted by atomic mass is 32.2. The predicted octanol–water partition coefficient (Wildman–Crippen LogP) is 3.52. The number of Topliss-reactive ketones (excluding diaryl/α,β-unsaturated/α-hetero) is 1. The van der Waals surface area contributed by atoms with Crippen molar-refractivity contribution in [3.05, 3.63) is 59.2 Å². The van der Waals surface area contributed by atoms with Crippen molar-refractivity contribution in [3.8, 4) is 11.5 Å². The Morgan fingerprint density at radius 1 is 1.10 bits per heavy atom. The van der Waals surface area contributed by atoms with Crippen molar-refractivity contribution in [2.75, 3.05) is 5.75 Å². The number of aryl methyl sites for hydroxylation is 1. The van der Waals surface area contributed by atoms with Crippen LogP contribution in [0.1, 0.15) is 21.5 Å². The summed E-state index contributed by atoms with van der Waals surface area (Å²) < 4.78 is 0. The monoisotopic (exact) mass is 288 g/mol. The Morgan fingerprint density at radius 3 is 2.55 bits per heavy atom. The molecule has 20 heavy (non-hydrogen) atoms. The van der Waals surface area contributed by atoms with Crippen molar-refractivity contribution in [2.24, 2.45) is 0 Å². The minimum absolute atomic E-state index is 0.0566. The molecular weight excluding hydrogens is 272 g/mol. The zero-order valence-corrected chi connectivity index (χ0v) is 12.0. The number of thioether (sulfide) groups is 1. The number of phenolic OH excluding ortho intramolecular Hbond substituents is 2. The van der Waals surface area contributed by atoms with Crippen molar-refractivity contribution in [3.63, 3.8) is 0 Å². The molecule has 0 heterocycles. The molecule has 2 N–H and O–H groups in total. The van der Waals surface area contributed by atoms with Crippen LogP contribution in [0.5, 0.6) is 11.5 Å². The number of carbonyl (C=O) groups is 1. The van der Waals surface area contributed by atoms with Gasteiger partial charge in [0.15, 0.2) is 17.3 Å². The van der Waals surface area contributed by atoms with E-state index in [1.165, 1.54) is 41.1 Å². The molecule has 0 fully saturated rings. The summed E-state index contributed by atoms with van der Waals surface area (Å²) >= 11 is 1.54. The predicted molar refractivity (Wildman–Crippen MR) is 81.4 cm³/mol. The fourth-order valence-electron chi connectivity index (χ4n) is 1.81. The highest BCUT2D eigenvalue weighted by Crippen LogP contribution is 2.26. The van der Waals surface area contributed by atoms with Crippen LogP contribution in [0, 0.1) is 6.92 Å². The first-order valence-electron chi connectivity index (χ1n) is 6.25. The van der Waals surface area contributed by atoms with Crippen LogP contribution in [0.3, 0.4) is 0 Å². The van der Waals surface area contributed by atoms with Crippen LogP contribution >= 0.6 is 11.8 Å². The Kier molecular flexibility index (Phi) is 4.69. The first-order valence-corrected chi connectivity index (χ1v) is 7.41. The molecule has 0 radical (unpaired) electrons. The van der Waals surface area contributed by atoms with Crippen LogP contribution in [-0.4, -0.2) is 21.7 Å². The smallest absolute Gasteiger partial charge is 0.172 e. The van der Waals surface area contributed by atoms with E-state index < -0.39 is 0 Å². The highest BCUT2D eigenvalue weighted by molar-refractivity contribution is 7.99. The van der Waals surface area contributed by atoms with Crippen LogP contribution < -0.4 is 0 Å². The summed E-state index contributed by atoms with van der Waals surface area (Å²) in [4.78, 5) is 12.0. The first kappa shape index (κ1) is 14.5. The second kappa shape index (κ2) is 6.48. The number of rotatable bonds is 5. The highest BCUT2D eigenvalue weighted by Gasteiger charge is 2.09. The molecule has 104 valence electrons. The Labute approximate surface area is 122 Å². The summed E-state index contributed by atoms with van der Waals surface area (Å²) in [5.74, 6) is 0.592. The molecule has 0 unspecified atom stereocenters. The molecule has 0 amide bonds. The minimum atomic E-state index is -0.264. The number of hydrogen-bond acceptors (Lipinski definition) is 4. The lowest BCUT2D eigenvalue weighted by molar-refractivity contribution is 0.102. The Balaban J connectivity index is 1.92. The standard InChI is InChI=1S/C16H16O3S/c1-11-4-2-3-5-13(11)9-20-10-16(19)12-6-7-14(17)15(18)8-12/h2-8,17-18H,9-10H2,1H3. The van der Waals surface area contributed by atoms with Crippen LogP contribution in [0.2, 0.25) is 0 Å². The summed E-state index contributed by atoms with van der Waals surface area (Å²) in [5, 5.41) is 18.6. The molecule has 3 nitrogen and oxygen atoms in total. The van der Waals surface area contributed by atoms with E-state index in [2.05, 4.69) is 19.1 Å². The fraction of sp³-hybridized carbons (Fsp3) is 0.188. The van der Waals surface area contributed by atoms with E-state index in [4.69, 9.17) is 0 Å². The van der Waals surface area contributed by atoms with Gasteiger partial charge in [-0.2, -0.15) is 0 Å². The van der Waals surface area contributed by atoms with Gasteiger partial charge in [0.25, 0.3) is 0 Å². The largest absolute Gasteiger partial charge is 0.504 e. The molecule has 2 rings (SSSR count).